The van der Waals surface area contributed by atoms with Gasteiger partial charge in [-0.25, -0.2) is 0 Å². The average Bonchev–Trinajstić information content (AvgIpc) is 2.53. The first-order chi connectivity index (χ1) is 10.3. The Kier molecular flexibility index (Phi) is 3.90. The number of hydrogen-bond acceptors (Lipinski definition) is 4. The third-order valence-corrected chi connectivity index (χ3v) is 3.64. The third-order valence-electron chi connectivity index (χ3n) is 3.64. The molecule has 4 heteroatoms. The van der Waals surface area contributed by atoms with Gasteiger partial charge in [-0.2, -0.15) is 0 Å². The highest BCUT2D eigenvalue weighted by molar-refractivity contribution is 5.82. The number of benzene rings is 1. The van der Waals surface area contributed by atoms with E-state index in [2.05, 4.69) is 29.5 Å². The highest BCUT2D eigenvalue weighted by Crippen LogP contribution is 2.22. The molecule has 0 spiro atoms. The second-order valence-electron chi connectivity index (χ2n) is 5.13. The number of nitrogens with zero attached hydrogens (tertiary/aromatic N) is 2. The summed E-state index contributed by atoms with van der Waals surface area (Å²) in [7, 11) is 0. The van der Waals surface area contributed by atoms with Crippen LogP contribution in [0.25, 0.3) is 10.9 Å². The molecule has 0 radical (unpaired) electrons. The molecule has 21 heavy (non-hydrogen) atoms. The van der Waals surface area contributed by atoms with Gasteiger partial charge < -0.3 is 0 Å². The zero-order valence-electron chi connectivity index (χ0n) is 12.0. The van der Waals surface area contributed by atoms with E-state index in [9.17, 15) is 0 Å². The van der Waals surface area contributed by atoms with E-state index in [0.717, 1.165) is 16.9 Å². The molecule has 3 aromatic rings. The number of nitrogens with one attached hydrogen (secondary N) is 1. The summed E-state index contributed by atoms with van der Waals surface area (Å²) >= 11 is 0. The zero-order valence-corrected chi connectivity index (χ0v) is 12.0. The Hall–Kier alpha value is -2.30. The fraction of sp³-hybridized carbons (Fsp3) is 0.176. The van der Waals surface area contributed by atoms with Gasteiger partial charge in [0.1, 0.15) is 0 Å². The normalized spacial score (nSPS) is 12.5. The van der Waals surface area contributed by atoms with E-state index in [4.69, 9.17) is 10.8 Å². The summed E-state index contributed by atoms with van der Waals surface area (Å²) in [5.41, 5.74) is 6.99. The second-order valence-corrected chi connectivity index (χ2v) is 5.13. The van der Waals surface area contributed by atoms with Crippen molar-refractivity contribution in [3.8, 4) is 0 Å². The van der Waals surface area contributed by atoms with Crippen molar-refractivity contribution < 1.29 is 0 Å². The molecular formula is C17H18N4. The van der Waals surface area contributed by atoms with Crippen LogP contribution in [0, 0.1) is 6.92 Å². The number of pyridine rings is 2. The number of hydrazine groups is 1. The van der Waals surface area contributed by atoms with Crippen molar-refractivity contribution in [2.24, 2.45) is 5.84 Å². The van der Waals surface area contributed by atoms with Gasteiger partial charge in [0.25, 0.3) is 0 Å². The van der Waals surface area contributed by atoms with Crippen LogP contribution in [0.5, 0.6) is 0 Å². The molecule has 0 fully saturated rings. The van der Waals surface area contributed by atoms with Crippen LogP contribution in [0.2, 0.25) is 0 Å². The summed E-state index contributed by atoms with van der Waals surface area (Å²) in [5, 5.41) is 1.18. The maximum Gasteiger partial charge on any atom is 0.0708 e. The fourth-order valence-corrected chi connectivity index (χ4v) is 2.53. The molecule has 0 saturated heterocycles. The molecule has 3 rings (SSSR count). The van der Waals surface area contributed by atoms with Gasteiger partial charge in [-0.1, -0.05) is 24.3 Å². The Labute approximate surface area is 124 Å². The van der Waals surface area contributed by atoms with Gasteiger partial charge in [0.05, 0.1) is 17.3 Å². The Morgan fingerprint density at radius 2 is 1.95 bits per heavy atom. The molecule has 2 heterocycles. The Bertz CT molecular complexity index is 740. The number of rotatable bonds is 4. The minimum absolute atomic E-state index is 0.0526. The van der Waals surface area contributed by atoms with Crippen molar-refractivity contribution in [3.63, 3.8) is 0 Å². The number of fused-ring (bicyclic) bond motifs is 1. The Morgan fingerprint density at radius 1 is 1.14 bits per heavy atom. The Morgan fingerprint density at radius 3 is 2.71 bits per heavy atom. The summed E-state index contributed by atoms with van der Waals surface area (Å²) in [6.07, 6.45) is 2.50. The van der Waals surface area contributed by atoms with Gasteiger partial charge in [0.2, 0.25) is 0 Å². The maximum atomic E-state index is 5.73. The summed E-state index contributed by atoms with van der Waals surface area (Å²) in [4.78, 5) is 9.09. The molecule has 2 aromatic heterocycles. The quantitative estimate of drug-likeness (QED) is 0.569. The van der Waals surface area contributed by atoms with E-state index in [1.165, 1.54) is 10.9 Å². The zero-order chi connectivity index (χ0) is 14.7. The average molecular weight is 278 g/mol. The molecule has 0 aliphatic heterocycles. The molecule has 4 nitrogen and oxygen atoms in total. The van der Waals surface area contributed by atoms with Crippen LogP contribution in [0.15, 0.2) is 54.7 Å². The van der Waals surface area contributed by atoms with Crippen LogP contribution in [0.4, 0.5) is 0 Å². The topological polar surface area (TPSA) is 63.8 Å². The molecule has 106 valence electrons. The third kappa shape index (κ3) is 2.91. The van der Waals surface area contributed by atoms with E-state index >= 15 is 0 Å². The molecule has 0 bridgehead atoms. The highest BCUT2D eigenvalue weighted by atomic mass is 15.2. The van der Waals surface area contributed by atoms with E-state index in [0.29, 0.717) is 6.42 Å². The van der Waals surface area contributed by atoms with Gasteiger partial charge in [-0.05, 0) is 36.8 Å². The Balaban J connectivity index is 1.97. The van der Waals surface area contributed by atoms with Crippen molar-refractivity contribution >= 4 is 10.9 Å². The lowest BCUT2D eigenvalue weighted by Crippen LogP contribution is -2.30. The van der Waals surface area contributed by atoms with Crippen LogP contribution >= 0.6 is 0 Å². The first-order valence-corrected chi connectivity index (χ1v) is 7.00. The van der Waals surface area contributed by atoms with Crippen molar-refractivity contribution in [2.45, 2.75) is 19.4 Å². The van der Waals surface area contributed by atoms with Crippen LogP contribution in [0.3, 0.4) is 0 Å². The summed E-state index contributed by atoms with van der Waals surface area (Å²) in [6.45, 7) is 2.10. The highest BCUT2D eigenvalue weighted by Gasteiger charge is 2.14. The summed E-state index contributed by atoms with van der Waals surface area (Å²) in [6, 6.07) is 16.1. The smallest absolute Gasteiger partial charge is 0.0708 e. The van der Waals surface area contributed by atoms with Crippen molar-refractivity contribution in [3.05, 3.63) is 71.7 Å². The van der Waals surface area contributed by atoms with Crippen molar-refractivity contribution in [1.82, 2.24) is 15.4 Å². The van der Waals surface area contributed by atoms with Crippen LogP contribution in [-0.2, 0) is 6.42 Å². The van der Waals surface area contributed by atoms with E-state index in [1.807, 2.05) is 36.4 Å². The molecular weight excluding hydrogens is 260 g/mol. The standard InChI is InChI=1S/C17H18N4/c1-12-10-16(20-15-8-3-2-7-14(12)15)17(21-18)11-13-6-4-5-9-19-13/h2-10,17,21H,11,18H2,1H3. The number of nitrogens with two attached hydrogens (primary N) is 1. The van der Waals surface area contributed by atoms with E-state index < -0.39 is 0 Å². The first kappa shape index (κ1) is 13.7. The van der Waals surface area contributed by atoms with Gasteiger partial charge in [-0.3, -0.25) is 21.2 Å². The first-order valence-electron chi connectivity index (χ1n) is 7.00. The predicted molar refractivity (Wildman–Crippen MR) is 84.5 cm³/mol. The van der Waals surface area contributed by atoms with Crippen LogP contribution < -0.4 is 11.3 Å². The van der Waals surface area contributed by atoms with Gasteiger partial charge in [0, 0.05) is 23.7 Å². The minimum atomic E-state index is -0.0526. The lowest BCUT2D eigenvalue weighted by atomic mass is 10.0. The monoisotopic (exact) mass is 278 g/mol. The molecule has 0 amide bonds. The largest absolute Gasteiger partial charge is 0.271 e. The number of aryl methyl sites for hydroxylation is 1. The fourth-order valence-electron chi connectivity index (χ4n) is 2.53. The van der Waals surface area contributed by atoms with Crippen molar-refractivity contribution in [1.29, 1.82) is 0 Å². The van der Waals surface area contributed by atoms with Crippen LogP contribution in [0.1, 0.15) is 23.0 Å². The van der Waals surface area contributed by atoms with Gasteiger partial charge >= 0.3 is 0 Å². The summed E-state index contributed by atoms with van der Waals surface area (Å²) < 4.78 is 0. The molecule has 1 aromatic carbocycles. The van der Waals surface area contributed by atoms with Crippen LogP contribution in [-0.4, -0.2) is 9.97 Å². The molecule has 1 unspecified atom stereocenters. The molecule has 0 aliphatic rings. The maximum absolute atomic E-state index is 5.73. The molecule has 1 atom stereocenters. The number of hydrogen-bond donors (Lipinski definition) is 2. The second kappa shape index (κ2) is 5.99. The summed E-state index contributed by atoms with van der Waals surface area (Å²) in [5.74, 6) is 5.73. The van der Waals surface area contributed by atoms with Crippen molar-refractivity contribution in [2.75, 3.05) is 0 Å². The minimum Gasteiger partial charge on any atom is -0.271 e. The van der Waals surface area contributed by atoms with Gasteiger partial charge in [-0.15, -0.1) is 0 Å². The molecule has 0 aliphatic carbocycles. The lowest BCUT2D eigenvalue weighted by molar-refractivity contribution is 0.534. The lowest BCUT2D eigenvalue weighted by Gasteiger charge is -2.16. The van der Waals surface area contributed by atoms with E-state index in [1.54, 1.807) is 6.20 Å². The number of aromatic nitrogens is 2. The SMILES string of the molecule is Cc1cc(C(Cc2ccccn2)NN)nc2ccccc12. The van der Waals surface area contributed by atoms with Gasteiger partial charge in [0.15, 0.2) is 0 Å². The molecule has 0 saturated carbocycles. The number of para-hydroxylation sites is 1. The van der Waals surface area contributed by atoms with E-state index in [-0.39, 0.29) is 6.04 Å². The predicted octanol–water partition coefficient (Wildman–Crippen LogP) is 2.69. The molecule has 3 N–H and O–H groups in total.